The van der Waals surface area contributed by atoms with E-state index in [4.69, 9.17) is 12.2 Å². The highest BCUT2D eigenvalue weighted by atomic mass is 32.1. The monoisotopic (exact) mass is 394 g/mol. The maximum atomic E-state index is 11.1. The van der Waals surface area contributed by atoms with E-state index in [9.17, 15) is 10.1 Å². The summed E-state index contributed by atoms with van der Waals surface area (Å²) < 4.78 is 1.85. The normalized spacial score (nSPS) is 10.8. The van der Waals surface area contributed by atoms with Crippen LogP contribution >= 0.6 is 12.2 Å². The molecule has 142 valence electrons. The Balaban J connectivity index is 1.71. The third-order valence-corrected chi connectivity index (χ3v) is 4.25. The molecule has 0 fully saturated rings. The number of nitrogens with one attached hydrogen (secondary N) is 2. The fraction of sp³-hybridized carbons (Fsp3) is 0.105. The summed E-state index contributed by atoms with van der Waals surface area (Å²) in [4.78, 5) is 10.6. The van der Waals surface area contributed by atoms with Crippen LogP contribution in [0.1, 0.15) is 17.0 Å². The van der Waals surface area contributed by atoms with Crippen molar-refractivity contribution < 1.29 is 4.92 Å². The van der Waals surface area contributed by atoms with Gasteiger partial charge in [0.25, 0.3) is 5.69 Å². The number of para-hydroxylation sites is 3. The fourth-order valence-electron chi connectivity index (χ4n) is 2.71. The van der Waals surface area contributed by atoms with Gasteiger partial charge < -0.3 is 5.32 Å². The van der Waals surface area contributed by atoms with Crippen molar-refractivity contribution in [3.63, 3.8) is 0 Å². The van der Waals surface area contributed by atoms with E-state index in [0.29, 0.717) is 5.69 Å². The zero-order valence-corrected chi connectivity index (χ0v) is 16.1. The minimum Gasteiger partial charge on any atom is -0.326 e. The predicted octanol–water partition coefficient (Wildman–Crippen LogP) is 3.72. The Bertz CT molecular complexity index is 1050. The zero-order chi connectivity index (χ0) is 20.1. The summed E-state index contributed by atoms with van der Waals surface area (Å²) in [5.74, 6) is 0. The number of aromatic nitrogens is 2. The van der Waals surface area contributed by atoms with E-state index < -0.39 is 4.92 Å². The molecule has 9 heteroatoms. The van der Waals surface area contributed by atoms with Crippen LogP contribution in [0.25, 0.3) is 5.69 Å². The Morgan fingerprint density at radius 2 is 1.86 bits per heavy atom. The maximum absolute atomic E-state index is 11.1. The van der Waals surface area contributed by atoms with Crippen LogP contribution in [0.3, 0.4) is 0 Å². The smallest absolute Gasteiger partial charge is 0.292 e. The van der Waals surface area contributed by atoms with E-state index in [1.54, 1.807) is 24.4 Å². The second kappa shape index (κ2) is 8.40. The number of aryl methyl sites for hydroxylation is 1. The molecule has 8 nitrogen and oxygen atoms in total. The van der Waals surface area contributed by atoms with Gasteiger partial charge in [-0.25, -0.2) is 4.68 Å². The van der Waals surface area contributed by atoms with Gasteiger partial charge in [-0.2, -0.15) is 10.2 Å². The average Bonchev–Trinajstić information content (AvgIpc) is 2.97. The highest BCUT2D eigenvalue weighted by molar-refractivity contribution is 7.80. The van der Waals surface area contributed by atoms with Gasteiger partial charge in [0.2, 0.25) is 0 Å². The minimum absolute atomic E-state index is 0.0635. The Kier molecular flexibility index (Phi) is 5.75. The summed E-state index contributed by atoms with van der Waals surface area (Å²) >= 11 is 5.17. The van der Waals surface area contributed by atoms with Crippen LogP contribution in [0, 0.1) is 24.0 Å². The zero-order valence-electron chi connectivity index (χ0n) is 15.3. The van der Waals surface area contributed by atoms with E-state index in [1.807, 2.05) is 48.9 Å². The molecule has 28 heavy (non-hydrogen) atoms. The molecule has 0 aliphatic rings. The summed E-state index contributed by atoms with van der Waals surface area (Å²) in [5, 5.41) is 22.7. The van der Waals surface area contributed by atoms with Gasteiger partial charge in [-0.3, -0.25) is 15.5 Å². The molecule has 0 aliphatic heterocycles. The topological polar surface area (TPSA) is 97.4 Å². The molecular formula is C19H18N6O2S. The summed E-state index contributed by atoms with van der Waals surface area (Å²) in [7, 11) is 0. The number of hydrazone groups is 1. The number of anilines is 1. The van der Waals surface area contributed by atoms with Crippen molar-refractivity contribution in [3.8, 4) is 5.69 Å². The largest absolute Gasteiger partial charge is 0.326 e. The Morgan fingerprint density at radius 3 is 2.57 bits per heavy atom. The van der Waals surface area contributed by atoms with Crippen molar-refractivity contribution in [1.82, 2.24) is 15.2 Å². The van der Waals surface area contributed by atoms with Gasteiger partial charge in [0.1, 0.15) is 5.69 Å². The lowest BCUT2D eigenvalue weighted by Crippen LogP contribution is -2.24. The molecule has 3 rings (SSSR count). The van der Waals surface area contributed by atoms with Gasteiger partial charge in [0, 0.05) is 11.6 Å². The first-order chi connectivity index (χ1) is 13.5. The second-order valence-electron chi connectivity index (χ2n) is 5.93. The van der Waals surface area contributed by atoms with E-state index in [-0.39, 0.29) is 10.8 Å². The second-order valence-corrected chi connectivity index (χ2v) is 6.34. The van der Waals surface area contributed by atoms with Gasteiger partial charge in [-0.15, -0.1) is 0 Å². The quantitative estimate of drug-likeness (QED) is 0.296. The number of thiocarbonyl (C=S) groups is 1. The molecule has 2 N–H and O–H groups in total. The van der Waals surface area contributed by atoms with Gasteiger partial charge >= 0.3 is 0 Å². The van der Waals surface area contributed by atoms with E-state index in [1.165, 1.54) is 6.07 Å². The number of nitro groups is 1. The fourth-order valence-corrected chi connectivity index (χ4v) is 2.87. The predicted molar refractivity (Wildman–Crippen MR) is 113 cm³/mol. The summed E-state index contributed by atoms with van der Waals surface area (Å²) in [5.41, 5.74) is 6.50. The third-order valence-electron chi connectivity index (χ3n) is 4.06. The molecule has 0 saturated carbocycles. The van der Waals surface area contributed by atoms with Crippen molar-refractivity contribution in [1.29, 1.82) is 0 Å². The number of hydrogen-bond donors (Lipinski definition) is 2. The average molecular weight is 394 g/mol. The molecule has 0 radical (unpaired) electrons. The molecular weight excluding hydrogens is 376 g/mol. The van der Waals surface area contributed by atoms with Gasteiger partial charge in [0.15, 0.2) is 5.11 Å². The van der Waals surface area contributed by atoms with Gasteiger partial charge in [0.05, 0.1) is 28.2 Å². The number of nitrogens with zero attached hydrogens (tertiary/aromatic N) is 4. The van der Waals surface area contributed by atoms with Gasteiger partial charge in [-0.1, -0.05) is 30.3 Å². The van der Waals surface area contributed by atoms with E-state index >= 15 is 0 Å². The van der Waals surface area contributed by atoms with Crippen LogP contribution in [-0.4, -0.2) is 26.0 Å². The summed E-state index contributed by atoms with van der Waals surface area (Å²) in [6.07, 6.45) is 1.63. The molecule has 0 amide bonds. The van der Waals surface area contributed by atoms with Crippen LogP contribution in [0.15, 0.2) is 59.7 Å². The first-order valence-electron chi connectivity index (χ1n) is 8.42. The van der Waals surface area contributed by atoms with Crippen molar-refractivity contribution in [3.05, 3.63) is 81.7 Å². The molecule has 1 aromatic heterocycles. The number of rotatable bonds is 5. The summed E-state index contributed by atoms with van der Waals surface area (Å²) in [6.45, 7) is 3.86. The minimum atomic E-state index is -0.473. The van der Waals surface area contributed by atoms with E-state index in [2.05, 4.69) is 20.9 Å². The third kappa shape index (κ3) is 4.21. The molecule has 0 spiro atoms. The lowest BCUT2D eigenvalue weighted by atomic mass is 10.2. The lowest BCUT2D eigenvalue weighted by molar-refractivity contribution is -0.383. The van der Waals surface area contributed by atoms with Crippen LogP contribution in [0.2, 0.25) is 0 Å². The molecule has 1 heterocycles. The number of hydrogen-bond acceptors (Lipinski definition) is 5. The molecule has 0 unspecified atom stereocenters. The van der Waals surface area contributed by atoms with Crippen molar-refractivity contribution in [2.75, 3.05) is 5.32 Å². The van der Waals surface area contributed by atoms with E-state index in [0.717, 1.165) is 22.6 Å². The standard InChI is InChI=1S/C19H18N6O2S/c1-13-16(14(2)24(23-13)15-8-4-3-5-9-15)12-20-22-19(28)21-17-10-6-7-11-18(17)25(26)27/h3-12H,1-2H3,(H2,21,22,28)/b20-12-. The molecule has 0 saturated heterocycles. The lowest BCUT2D eigenvalue weighted by Gasteiger charge is -2.07. The molecule has 0 aliphatic carbocycles. The first kappa shape index (κ1) is 19.2. The van der Waals surface area contributed by atoms with Crippen molar-refractivity contribution >= 4 is 34.9 Å². The Hall–Kier alpha value is -3.59. The van der Waals surface area contributed by atoms with Crippen molar-refractivity contribution in [2.45, 2.75) is 13.8 Å². The molecule has 2 aromatic carbocycles. The SMILES string of the molecule is Cc1nn(-c2ccccc2)c(C)c1/C=N\NC(=S)Nc1ccccc1[N+](=O)[O-]. The van der Waals surface area contributed by atoms with Crippen LogP contribution in [-0.2, 0) is 0 Å². The molecule has 3 aromatic rings. The number of benzene rings is 2. The highest BCUT2D eigenvalue weighted by Crippen LogP contribution is 2.23. The van der Waals surface area contributed by atoms with Crippen LogP contribution < -0.4 is 10.7 Å². The Morgan fingerprint density at radius 1 is 1.18 bits per heavy atom. The Labute approximate surface area is 167 Å². The van der Waals surface area contributed by atoms with Crippen LogP contribution in [0.5, 0.6) is 0 Å². The maximum Gasteiger partial charge on any atom is 0.292 e. The van der Waals surface area contributed by atoms with Crippen molar-refractivity contribution in [2.24, 2.45) is 5.10 Å². The molecule has 0 bridgehead atoms. The van der Waals surface area contributed by atoms with Gasteiger partial charge in [-0.05, 0) is 44.3 Å². The number of nitro benzene ring substituents is 1. The molecule has 0 atom stereocenters. The highest BCUT2D eigenvalue weighted by Gasteiger charge is 2.13. The summed E-state index contributed by atoms with van der Waals surface area (Å²) in [6, 6.07) is 16.1. The first-order valence-corrected chi connectivity index (χ1v) is 8.83. The van der Waals surface area contributed by atoms with Crippen LogP contribution in [0.4, 0.5) is 11.4 Å².